The zero-order valence-corrected chi connectivity index (χ0v) is 15.9. The number of amides is 2. The summed E-state index contributed by atoms with van der Waals surface area (Å²) in [6.45, 7) is 3.92. The van der Waals surface area contributed by atoms with E-state index in [0.717, 1.165) is 42.9 Å². The van der Waals surface area contributed by atoms with Crippen molar-refractivity contribution in [2.45, 2.75) is 32.2 Å². The minimum Gasteiger partial charge on any atom is -0.497 e. The number of carbonyl (C=O) groups excluding carboxylic acids is 2. The zero-order valence-electron chi connectivity index (χ0n) is 15.9. The van der Waals surface area contributed by atoms with E-state index in [1.807, 2.05) is 25.1 Å². The van der Waals surface area contributed by atoms with Crippen molar-refractivity contribution < 1.29 is 24.0 Å². The van der Waals surface area contributed by atoms with Crippen LogP contribution in [-0.2, 0) is 9.59 Å². The molecule has 0 radical (unpaired) electrons. The van der Waals surface area contributed by atoms with E-state index in [4.69, 9.17) is 9.47 Å². The van der Waals surface area contributed by atoms with Gasteiger partial charge in [-0.05, 0) is 18.6 Å². The second-order valence-corrected chi connectivity index (χ2v) is 6.51. The molecule has 1 aliphatic rings. The van der Waals surface area contributed by atoms with Gasteiger partial charge in [-0.2, -0.15) is 0 Å². The molecule has 144 valence electrons. The van der Waals surface area contributed by atoms with E-state index in [1.165, 1.54) is 4.90 Å². The molecule has 26 heavy (non-hydrogen) atoms. The molecular weight excluding hydrogens is 334 g/mol. The van der Waals surface area contributed by atoms with Gasteiger partial charge in [-0.1, -0.05) is 6.92 Å². The maximum absolute atomic E-state index is 12.2. The summed E-state index contributed by atoms with van der Waals surface area (Å²) in [6.07, 6.45) is 2.94. The molecule has 1 aliphatic heterocycles. The molecule has 0 saturated carbocycles. The average molecular weight is 364 g/mol. The highest BCUT2D eigenvalue weighted by Crippen LogP contribution is 2.31. The summed E-state index contributed by atoms with van der Waals surface area (Å²) >= 11 is 0. The van der Waals surface area contributed by atoms with Gasteiger partial charge in [-0.15, -0.1) is 0 Å². The second-order valence-electron chi connectivity index (χ2n) is 6.51. The van der Waals surface area contributed by atoms with Gasteiger partial charge in [0.2, 0.25) is 5.91 Å². The van der Waals surface area contributed by atoms with Gasteiger partial charge in [0.05, 0.1) is 32.9 Å². The summed E-state index contributed by atoms with van der Waals surface area (Å²) in [5, 5.41) is 5.47. The predicted molar refractivity (Wildman–Crippen MR) is 98.5 cm³/mol. The molecule has 7 nitrogen and oxygen atoms in total. The number of benzene rings is 1. The number of quaternary nitrogens is 1. The van der Waals surface area contributed by atoms with Gasteiger partial charge in [0.25, 0.3) is 5.91 Å². The molecule has 3 N–H and O–H groups in total. The Labute approximate surface area is 155 Å². The van der Waals surface area contributed by atoms with Gasteiger partial charge in [-0.25, -0.2) is 0 Å². The zero-order chi connectivity index (χ0) is 18.9. The Bertz CT molecular complexity index is 621. The van der Waals surface area contributed by atoms with Crippen LogP contribution in [0.5, 0.6) is 11.5 Å². The van der Waals surface area contributed by atoms with Crippen LogP contribution < -0.4 is 25.0 Å². The van der Waals surface area contributed by atoms with Crippen LogP contribution in [-0.4, -0.2) is 52.2 Å². The average Bonchev–Trinajstić information content (AvgIpc) is 3.11. The van der Waals surface area contributed by atoms with Gasteiger partial charge >= 0.3 is 0 Å². The van der Waals surface area contributed by atoms with E-state index >= 15 is 0 Å². The van der Waals surface area contributed by atoms with Crippen molar-refractivity contribution in [3.8, 4) is 11.5 Å². The number of likely N-dealkylation sites (tertiary alicyclic amines) is 1. The number of hydrogen-bond acceptors (Lipinski definition) is 4. The van der Waals surface area contributed by atoms with E-state index in [0.29, 0.717) is 13.1 Å². The summed E-state index contributed by atoms with van der Waals surface area (Å²) < 4.78 is 10.8. The van der Waals surface area contributed by atoms with Gasteiger partial charge in [0.15, 0.2) is 6.54 Å². The minimum absolute atomic E-state index is 0.0304. The van der Waals surface area contributed by atoms with Crippen LogP contribution in [0.25, 0.3) is 0 Å². The predicted octanol–water partition coefficient (Wildman–Crippen LogP) is 0.0660. The first kappa shape index (κ1) is 20.0. The van der Waals surface area contributed by atoms with Crippen LogP contribution in [0.15, 0.2) is 18.2 Å². The standard InChI is InChI=1S/C19H29N3O4/c1-4-9-20-18(23)12-21-19(24)13-22-10-5-6-16(22)15-8-7-14(25-2)11-17(15)26-3/h7-8,11,16H,4-6,9-10,12-13H2,1-3H3,(H,20,23)(H,21,24)/p+1/t16-/m0/s1. The fourth-order valence-electron chi connectivity index (χ4n) is 3.38. The lowest BCUT2D eigenvalue weighted by molar-refractivity contribution is -0.910. The smallest absolute Gasteiger partial charge is 0.275 e. The minimum atomic E-state index is -0.148. The number of rotatable bonds is 9. The number of hydrogen-bond donors (Lipinski definition) is 3. The fourth-order valence-corrected chi connectivity index (χ4v) is 3.38. The monoisotopic (exact) mass is 364 g/mol. The van der Waals surface area contributed by atoms with Crippen LogP contribution in [0.3, 0.4) is 0 Å². The largest absolute Gasteiger partial charge is 0.497 e. The van der Waals surface area contributed by atoms with Crippen LogP contribution in [0, 0.1) is 0 Å². The lowest BCUT2D eigenvalue weighted by atomic mass is 10.0. The van der Waals surface area contributed by atoms with Crippen LogP contribution in [0.2, 0.25) is 0 Å². The Kier molecular flexibility index (Phi) is 7.72. The molecule has 1 heterocycles. The van der Waals surface area contributed by atoms with Crippen molar-refractivity contribution >= 4 is 11.8 Å². The molecule has 2 rings (SSSR count). The Morgan fingerprint density at radius 2 is 2.00 bits per heavy atom. The third kappa shape index (κ3) is 5.36. The van der Waals surface area contributed by atoms with Crippen molar-refractivity contribution in [1.29, 1.82) is 0 Å². The molecule has 0 aromatic heterocycles. The molecule has 0 aliphatic carbocycles. The molecule has 2 amide bonds. The molecule has 1 unspecified atom stereocenters. The van der Waals surface area contributed by atoms with Crippen molar-refractivity contribution in [2.75, 3.05) is 40.4 Å². The van der Waals surface area contributed by atoms with Gasteiger partial charge in [0, 0.05) is 25.5 Å². The van der Waals surface area contributed by atoms with E-state index < -0.39 is 0 Å². The van der Waals surface area contributed by atoms with E-state index in [9.17, 15) is 9.59 Å². The summed E-state index contributed by atoms with van der Waals surface area (Å²) in [6, 6.07) is 6.02. The maximum atomic E-state index is 12.2. The van der Waals surface area contributed by atoms with E-state index in [2.05, 4.69) is 10.6 Å². The molecule has 7 heteroatoms. The number of ether oxygens (including phenoxy) is 2. The molecular formula is C19H30N3O4+. The Hall–Kier alpha value is -2.28. The van der Waals surface area contributed by atoms with E-state index in [1.54, 1.807) is 14.2 Å². The molecule has 1 fully saturated rings. The highest BCUT2D eigenvalue weighted by molar-refractivity contribution is 5.85. The lowest BCUT2D eigenvalue weighted by Crippen LogP contribution is -3.11. The molecule has 0 spiro atoms. The van der Waals surface area contributed by atoms with Gasteiger partial charge in [-0.3, -0.25) is 9.59 Å². The van der Waals surface area contributed by atoms with Crippen LogP contribution >= 0.6 is 0 Å². The summed E-state index contributed by atoms with van der Waals surface area (Å²) in [7, 11) is 3.27. The first-order valence-corrected chi connectivity index (χ1v) is 9.19. The van der Waals surface area contributed by atoms with Crippen molar-refractivity contribution in [3.63, 3.8) is 0 Å². The molecule has 0 bridgehead atoms. The molecule has 1 aromatic rings. The first-order valence-electron chi connectivity index (χ1n) is 9.19. The highest BCUT2D eigenvalue weighted by atomic mass is 16.5. The van der Waals surface area contributed by atoms with Crippen LogP contribution in [0.4, 0.5) is 0 Å². The normalized spacial score (nSPS) is 19.0. The Balaban J connectivity index is 1.95. The lowest BCUT2D eigenvalue weighted by Gasteiger charge is -2.23. The quantitative estimate of drug-likeness (QED) is 0.579. The maximum Gasteiger partial charge on any atom is 0.275 e. The SMILES string of the molecule is CCCNC(=O)CNC(=O)C[NH+]1CCC[C@H]1c1ccc(OC)cc1OC. The van der Waals surface area contributed by atoms with Crippen molar-refractivity contribution in [3.05, 3.63) is 23.8 Å². The van der Waals surface area contributed by atoms with Crippen molar-refractivity contribution in [1.82, 2.24) is 10.6 Å². The fraction of sp³-hybridized carbons (Fsp3) is 0.579. The molecule has 1 aromatic carbocycles. The third-order valence-electron chi connectivity index (χ3n) is 4.71. The topological polar surface area (TPSA) is 81.1 Å². The molecule has 1 saturated heterocycles. The highest BCUT2D eigenvalue weighted by Gasteiger charge is 2.33. The van der Waals surface area contributed by atoms with Gasteiger partial charge < -0.3 is 25.0 Å². The first-order chi connectivity index (χ1) is 12.6. The number of methoxy groups -OCH3 is 2. The Morgan fingerprint density at radius 3 is 2.69 bits per heavy atom. The third-order valence-corrected chi connectivity index (χ3v) is 4.71. The summed E-state index contributed by atoms with van der Waals surface area (Å²) in [5.41, 5.74) is 1.09. The number of carbonyl (C=O) groups is 2. The molecule has 2 atom stereocenters. The summed E-state index contributed by atoms with van der Waals surface area (Å²) in [5.74, 6) is 1.28. The van der Waals surface area contributed by atoms with Crippen LogP contribution in [0.1, 0.15) is 37.8 Å². The van der Waals surface area contributed by atoms with Gasteiger partial charge in [0.1, 0.15) is 17.5 Å². The summed E-state index contributed by atoms with van der Waals surface area (Å²) in [4.78, 5) is 25.1. The van der Waals surface area contributed by atoms with E-state index in [-0.39, 0.29) is 24.4 Å². The van der Waals surface area contributed by atoms with Crippen molar-refractivity contribution in [2.24, 2.45) is 0 Å². The second kappa shape index (κ2) is 10.0. The number of nitrogens with one attached hydrogen (secondary N) is 3. The Morgan fingerprint density at radius 1 is 1.19 bits per heavy atom.